The number of rotatable bonds is 7. The van der Waals surface area contributed by atoms with Crippen molar-refractivity contribution in [3.05, 3.63) is 93.6 Å². The van der Waals surface area contributed by atoms with Crippen molar-refractivity contribution in [2.45, 2.75) is 4.34 Å². The Bertz CT molecular complexity index is 1520. The third kappa shape index (κ3) is 5.76. The topological polar surface area (TPSA) is 85.1 Å². The molecule has 11 heteroatoms. The van der Waals surface area contributed by atoms with Crippen LogP contribution in [0, 0.1) is 0 Å². The van der Waals surface area contributed by atoms with Crippen molar-refractivity contribution in [1.82, 2.24) is 25.2 Å². The van der Waals surface area contributed by atoms with Gasteiger partial charge < -0.3 is 0 Å². The average Bonchev–Trinajstić information content (AvgIpc) is 3.55. The molecule has 2 aromatic carbocycles. The number of thiazole rings is 1. The van der Waals surface area contributed by atoms with Gasteiger partial charge >= 0.3 is 0 Å². The molecule has 0 saturated carbocycles. The first-order chi connectivity index (χ1) is 17.2. The fourth-order valence-electron chi connectivity index (χ4n) is 3.19. The van der Waals surface area contributed by atoms with Crippen LogP contribution in [0.4, 0.5) is 0 Å². The smallest absolute Gasteiger partial charge is 0.250 e. The molecule has 0 aliphatic rings. The van der Waals surface area contributed by atoms with Crippen LogP contribution in [0.5, 0.6) is 0 Å². The van der Waals surface area contributed by atoms with Gasteiger partial charge in [-0.05, 0) is 35.9 Å². The Balaban J connectivity index is 1.34. The molecule has 0 bridgehead atoms. The summed E-state index contributed by atoms with van der Waals surface area (Å²) in [5.74, 6) is -0.0474. The summed E-state index contributed by atoms with van der Waals surface area (Å²) in [4.78, 5) is 17.5. The van der Waals surface area contributed by atoms with Crippen LogP contribution in [0.3, 0.4) is 0 Å². The summed E-state index contributed by atoms with van der Waals surface area (Å²) in [6.07, 6.45) is 1.71. The van der Waals surface area contributed by atoms with E-state index in [4.69, 9.17) is 0 Å². The maximum Gasteiger partial charge on any atom is 0.250 e. The zero-order valence-electron chi connectivity index (χ0n) is 18.0. The molecule has 0 saturated heterocycles. The minimum atomic E-state index is -0.222. The molecule has 3 aromatic heterocycles. The van der Waals surface area contributed by atoms with Crippen LogP contribution in [-0.2, 0) is 4.79 Å². The molecule has 0 aliphatic carbocycles. The monoisotopic (exact) mass is 580 g/mol. The largest absolute Gasteiger partial charge is 0.284 e. The van der Waals surface area contributed by atoms with Crippen molar-refractivity contribution >= 4 is 56.3 Å². The summed E-state index contributed by atoms with van der Waals surface area (Å²) in [6, 6.07) is 23.7. The van der Waals surface area contributed by atoms with Gasteiger partial charge in [-0.3, -0.25) is 14.3 Å². The van der Waals surface area contributed by atoms with Crippen LogP contribution in [0.2, 0.25) is 0 Å². The van der Waals surface area contributed by atoms with Crippen molar-refractivity contribution in [2.24, 2.45) is 5.10 Å². The van der Waals surface area contributed by atoms with Crippen LogP contribution in [0.15, 0.2) is 98.3 Å². The van der Waals surface area contributed by atoms with Gasteiger partial charge in [0.25, 0.3) is 5.91 Å². The highest BCUT2D eigenvalue weighted by Gasteiger charge is 2.12. The maximum atomic E-state index is 12.6. The summed E-state index contributed by atoms with van der Waals surface area (Å²) in [5.41, 5.74) is 6.45. The van der Waals surface area contributed by atoms with Crippen molar-refractivity contribution in [1.29, 1.82) is 0 Å². The van der Waals surface area contributed by atoms with E-state index in [1.165, 1.54) is 34.4 Å². The van der Waals surface area contributed by atoms with Crippen LogP contribution in [0.25, 0.3) is 27.6 Å². The highest BCUT2D eigenvalue weighted by atomic mass is 79.9. The third-order valence-corrected chi connectivity index (χ3v) is 8.14. The summed E-state index contributed by atoms with van der Waals surface area (Å²) in [7, 11) is 0. The second kappa shape index (κ2) is 11.1. The Morgan fingerprint density at radius 1 is 1.06 bits per heavy atom. The van der Waals surface area contributed by atoms with E-state index < -0.39 is 0 Å². The molecule has 35 heavy (non-hydrogen) atoms. The average molecular weight is 582 g/mol. The fourth-order valence-corrected chi connectivity index (χ4v) is 6.07. The zero-order valence-corrected chi connectivity index (χ0v) is 22.1. The van der Waals surface area contributed by atoms with Crippen molar-refractivity contribution in [2.75, 3.05) is 5.75 Å². The molecule has 1 amide bonds. The Kier molecular flexibility index (Phi) is 7.48. The molecule has 0 unspecified atom stereocenters. The highest BCUT2D eigenvalue weighted by molar-refractivity contribution is 9.10. The molecule has 7 nitrogen and oxygen atoms in total. The molecule has 5 rings (SSSR count). The maximum absolute atomic E-state index is 12.6. The molecule has 174 valence electrons. The quantitative estimate of drug-likeness (QED) is 0.200. The van der Waals surface area contributed by atoms with Gasteiger partial charge in [0.1, 0.15) is 5.69 Å². The summed E-state index contributed by atoms with van der Waals surface area (Å²) < 4.78 is 3.69. The Hall–Kier alpha value is -3.12. The molecule has 0 aliphatic heterocycles. The number of benzene rings is 2. The fraction of sp³-hybridized carbons (Fsp3) is 0.0417. The summed E-state index contributed by atoms with van der Waals surface area (Å²) >= 11 is 7.73. The van der Waals surface area contributed by atoms with E-state index in [1.54, 1.807) is 6.20 Å². The number of nitrogens with one attached hydrogen (secondary N) is 1. The Morgan fingerprint density at radius 2 is 1.91 bits per heavy atom. The molecule has 5 aromatic rings. The number of halogens is 1. The van der Waals surface area contributed by atoms with Gasteiger partial charge in [-0.2, -0.15) is 0 Å². The molecular formula is C24H17BrN6OS3. The molecule has 3 heterocycles. The number of aromatic nitrogens is 4. The van der Waals surface area contributed by atoms with Gasteiger partial charge in [-0.25, -0.2) is 5.43 Å². The van der Waals surface area contributed by atoms with E-state index in [0.29, 0.717) is 9.14 Å². The van der Waals surface area contributed by atoms with Crippen molar-refractivity contribution < 1.29 is 4.79 Å². The van der Waals surface area contributed by atoms with Crippen LogP contribution in [-0.4, -0.2) is 31.4 Å². The Labute approximate surface area is 221 Å². The number of nitrogens with zero attached hydrogens (tertiary/aromatic N) is 5. The second-order valence-corrected chi connectivity index (χ2v) is 11.1. The van der Waals surface area contributed by atoms with Crippen molar-refractivity contribution in [3.63, 3.8) is 0 Å². The first-order valence-corrected chi connectivity index (χ1v) is 13.9. The van der Waals surface area contributed by atoms with E-state index in [-0.39, 0.29) is 11.7 Å². The Morgan fingerprint density at radius 3 is 2.71 bits per heavy atom. The number of amides is 1. The number of thioether (sulfide) groups is 1. The van der Waals surface area contributed by atoms with E-state index in [1.807, 2.05) is 70.6 Å². The highest BCUT2D eigenvalue weighted by Crippen LogP contribution is 2.28. The van der Waals surface area contributed by atoms with Crippen LogP contribution in [0.1, 0.15) is 0 Å². The number of pyridine rings is 1. The molecule has 0 spiro atoms. The van der Waals surface area contributed by atoms with Crippen molar-refractivity contribution in [3.8, 4) is 27.6 Å². The van der Waals surface area contributed by atoms with Gasteiger partial charge in [0.05, 0.1) is 11.4 Å². The number of hydrogen-bond acceptors (Lipinski definition) is 8. The third-order valence-electron chi connectivity index (χ3n) is 4.74. The molecule has 1 N–H and O–H groups in total. The molecule has 0 fully saturated rings. The second-order valence-electron chi connectivity index (χ2n) is 7.11. The number of carbonyl (C=O) groups is 1. The van der Waals surface area contributed by atoms with Crippen LogP contribution < -0.4 is 10.2 Å². The van der Waals surface area contributed by atoms with Gasteiger partial charge in [-0.15, -0.1) is 26.6 Å². The molecule has 0 radical (unpaired) electrons. The zero-order chi connectivity index (χ0) is 24.0. The normalized spacial score (nSPS) is 11.5. The lowest BCUT2D eigenvalue weighted by Gasteiger charge is -2.10. The minimum Gasteiger partial charge on any atom is -0.284 e. The van der Waals surface area contributed by atoms with Crippen LogP contribution >= 0.6 is 50.4 Å². The summed E-state index contributed by atoms with van der Waals surface area (Å²) in [5, 5.41) is 15.5. The predicted molar refractivity (Wildman–Crippen MR) is 144 cm³/mol. The van der Waals surface area contributed by atoms with E-state index in [2.05, 4.69) is 53.8 Å². The molecular weight excluding hydrogens is 564 g/mol. The lowest BCUT2D eigenvalue weighted by molar-refractivity contribution is -0.118. The van der Waals surface area contributed by atoms with Gasteiger partial charge in [-0.1, -0.05) is 81.5 Å². The summed E-state index contributed by atoms with van der Waals surface area (Å²) in [6.45, 7) is 0. The first-order valence-electron chi connectivity index (χ1n) is 10.4. The first kappa shape index (κ1) is 23.6. The minimum absolute atomic E-state index is 0.175. The predicted octanol–water partition coefficient (Wildman–Crippen LogP) is 5.61. The van der Waals surface area contributed by atoms with Gasteiger partial charge in [0, 0.05) is 21.7 Å². The van der Waals surface area contributed by atoms with Gasteiger partial charge in [0.2, 0.25) is 4.80 Å². The lowest BCUT2D eigenvalue weighted by atomic mass is 10.1. The van der Waals surface area contributed by atoms with E-state index in [0.717, 1.165) is 32.1 Å². The molecule has 0 atom stereocenters. The van der Waals surface area contributed by atoms with E-state index >= 15 is 0 Å². The number of carbonyl (C=O) groups excluding carboxylic acids is 1. The standard InChI is InChI=1S/C24H17BrN6OS3/c25-17-9-6-10-18(13-17)31-20(16-7-2-1-3-8-16)14-33-23(31)29-27-21(32)15-34-24-30-28-22(35-24)19-11-4-5-12-26-19/h1-14H,15H2,(H,27,32)/b29-23+. The van der Waals surface area contributed by atoms with E-state index in [9.17, 15) is 4.79 Å². The SMILES string of the molecule is O=C(CSc1nnc(-c2ccccn2)s1)N/N=c1/scc(-c2ccccc2)n1-c1cccc(Br)c1. The van der Waals surface area contributed by atoms with Gasteiger partial charge in [0.15, 0.2) is 9.35 Å². The number of hydrogen-bond donors (Lipinski definition) is 1. The lowest BCUT2D eigenvalue weighted by Crippen LogP contribution is -2.25.